The summed E-state index contributed by atoms with van der Waals surface area (Å²) in [6.45, 7) is 3.94. The number of hydrogen-bond donors (Lipinski definition) is 0. The third-order valence-corrected chi connectivity index (χ3v) is 4.20. The summed E-state index contributed by atoms with van der Waals surface area (Å²) in [4.78, 5) is 12.7. The number of esters is 1. The lowest BCUT2D eigenvalue weighted by Gasteiger charge is -2.31. The van der Waals surface area contributed by atoms with Gasteiger partial charge in [-0.3, -0.25) is 4.79 Å². The lowest BCUT2D eigenvalue weighted by molar-refractivity contribution is -0.153. The van der Waals surface area contributed by atoms with E-state index in [1.165, 1.54) is 0 Å². The number of nitrogens with zero attached hydrogens (tertiary/aromatic N) is 1. The fourth-order valence-electron chi connectivity index (χ4n) is 2.79. The average Bonchev–Trinajstić information content (AvgIpc) is 2.61. The molecular weight excluding hydrogens is 286 g/mol. The Morgan fingerprint density at radius 2 is 1.70 bits per heavy atom. The van der Waals surface area contributed by atoms with E-state index in [2.05, 4.69) is 6.07 Å². The lowest BCUT2D eigenvalue weighted by atomic mass is 9.70. The first-order chi connectivity index (χ1) is 11.1. The van der Waals surface area contributed by atoms with Crippen molar-refractivity contribution in [2.24, 2.45) is 5.41 Å². The molecule has 2 unspecified atom stereocenters. The summed E-state index contributed by atoms with van der Waals surface area (Å²) in [6, 6.07) is 21.5. The van der Waals surface area contributed by atoms with Crippen molar-refractivity contribution in [1.29, 1.82) is 5.26 Å². The van der Waals surface area contributed by atoms with Crippen LogP contribution >= 0.6 is 0 Å². The van der Waals surface area contributed by atoms with Crippen LogP contribution in [-0.4, -0.2) is 12.6 Å². The van der Waals surface area contributed by atoms with Gasteiger partial charge in [0.15, 0.2) is 5.41 Å². The van der Waals surface area contributed by atoms with Crippen LogP contribution in [0.2, 0.25) is 0 Å². The van der Waals surface area contributed by atoms with Gasteiger partial charge in [0.25, 0.3) is 0 Å². The Hall–Kier alpha value is -2.60. The second-order valence-corrected chi connectivity index (χ2v) is 5.60. The Morgan fingerprint density at radius 3 is 2.22 bits per heavy atom. The molecule has 0 bridgehead atoms. The fraction of sp³-hybridized carbons (Fsp3) is 0.300. The summed E-state index contributed by atoms with van der Waals surface area (Å²) < 4.78 is 5.25. The standard InChI is InChI=1S/C20H21NO2/c1-3-23-19(22)20(15-21,14-17-10-6-4-7-11-17)16(2)18-12-8-5-9-13-18/h4-13,16H,3,14H2,1-2H3. The number of carbonyl (C=O) groups is 1. The zero-order valence-electron chi connectivity index (χ0n) is 13.5. The van der Waals surface area contributed by atoms with Crippen LogP contribution in [0, 0.1) is 16.7 Å². The van der Waals surface area contributed by atoms with E-state index in [9.17, 15) is 10.1 Å². The molecule has 0 amide bonds. The quantitative estimate of drug-likeness (QED) is 0.755. The van der Waals surface area contributed by atoms with Crippen LogP contribution in [0.4, 0.5) is 0 Å². The highest BCUT2D eigenvalue weighted by atomic mass is 16.5. The van der Waals surface area contributed by atoms with Gasteiger partial charge < -0.3 is 4.74 Å². The maximum atomic E-state index is 12.7. The van der Waals surface area contributed by atoms with Crippen molar-refractivity contribution in [3.8, 4) is 6.07 Å². The molecule has 0 aromatic heterocycles. The fourth-order valence-corrected chi connectivity index (χ4v) is 2.79. The van der Waals surface area contributed by atoms with Crippen molar-refractivity contribution < 1.29 is 9.53 Å². The van der Waals surface area contributed by atoms with E-state index >= 15 is 0 Å². The third-order valence-electron chi connectivity index (χ3n) is 4.20. The number of benzene rings is 2. The van der Waals surface area contributed by atoms with Crippen LogP contribution in [0.15, 0.2) is 60.7 Å². The van der Waals surface area contributed by atoms with Gasteiger partial charge in [-0.2, -0.15) is 5.26 Å². The van der Waals surface area contributed by atoms with Gasteiger partial charge in [0, 0.05) is 12.3 Å². The molecular formula is C20H21NO2. The molecule has 0 N–H and O–H groups in total. The summed E-state index contributed by atoms with van der Waals surface area (Å²) in [6.07, 6.45) is 0.333. The van der Waals surface area contributed by atoms with E-state index in [1.54, 1.807) is 6.92 Å². The molecule has 0 spiro atoms. The highest BCUT2D eigenvalue weighted by molar-refractivity contribution is 5.82. The third kappa shape index (κ3) is 3.60. The first-order valence-corrected chi connectivity index (χ1v) is 7.81. The Balaban J connectivity index is 2.45. The van der Waals surface area contributed by atoms with Crippen molar-refractivity contribution in [3.63, 3.8) is 0 Å². The maximum absolute atomic E-state index is 12.7. The summed E-state index contributed by atoms with van der Waals surface area (Å²) in [5, 5.41) is 9.92. The van der Waals surface area contributed by atoms with E-state index in [0.717, 1.165) is 11.1 Å². The van der Waals surface area contributed by atoms with E-state index in [1.807, 2.05) is 67.6 Å². The molecule has 23 heavy (non-hydrogen) atoms. The van der Waals surface area contributed by atoms with Crippen LogP contribution in [-0.2, 0) is 16.0 Å². The molecule has 0 saturated carbocycles. The van der Waals surface area contributed by atoms with Gasteiger partial charge in [-0.1, -0.05) is 67.6 Å². The van der Waals surface area contributed by atoms with Gasteiger partial charge in [-0.05, 0) is 18.1 Å². The van der Waals surface area contributed by atoms with Crippen molar-refractivity contribution >= 4 is 5.97 Å². The van der Waals surface area contributed by atoms with Gasteiger partial charge in [0.05, 0.1) is 12.7 Å². The summed E-state index contributed by atoms with van der Waals surface area (Å²) >= 11 is 0. The molecule has 0 radical (unpaired) electrons. The molecule has 0 saturated heterocycles. The van der Waals surface area contributed by atoms with E-state index < -0.39 is 11.4 Å². The second kappa shape index (κ2) is 7.60. The van der Waals surface area contributed by atoms with Gasteiger partial charge in [-0.15, -0.1) is 0 Å². The Bertz CT molecular complexity index is 676. The summed E-state index contributed by atoms with van der Waals surface area (Å²) in [7, 11) is 0. The lowest BCUT2D eigenvalue weighted by Crippen LogP contribution is -2.38. The van der Waals surface area contributed by atoms with Crippen molar-refractivity contribution in [2.45, 2.75) is 26.2 Å². The molecule has 3 heteroatoms. The van der Waals surface area contributed by atoms with Crippen molar-refractivity contribution in [1.82, 2.24) is 0 Å². The Kier molecular flexibility index (Phi) is 5.54. The summed E-state index contributed by atoms with van der Waals surface area (Å²) in [5.41, 5.74) is 0.668. The first kappa shape index (κ1) is 16.8. The predicted molar refractivity (Wildman–Crippen MR) is 89.7 cm³/mol. The molecule has 0 aliphatic heterocycles. The monoisotopic (exact) mass is 307 g/mol. The molecule has 0 aliphatic rings. The topological polar surface area (TPSA) is 50.1 Å². The number of rotatable bonds is 6. The van der Waals surface area contributed by atoms with Gasteiger partial charge in [0.1, 0.15) is 0 Å². The molecule has 2 rings (SSSR count). The minimum Gasteiger partial charge on any atom is -0.465 e. The molecule has 3 nitrogen and oxygen atoms in total. The molecule has 0 heterocycles. The minimum absolute atomic E-state index is 0.262. The van der Waals surface area contributed by atoms with E-state index in [-0.39, 0.29) is 12.5 Å². The molecule has 0 aliphatic carbocycles. The van der Waals surface area contributed by atoms with Crippen LogP contribution in [0.1, 0.15) is 30.9 Å². The zero-order chi connectivity index (χ0) is 16.7. The zero-order valence-corrected chi connectivity index (χ0v) is 13.5. The van der Waals surface area contributed by atoms with Crippen LogP contribution in [0.5, 0.6) is 0 Å². The van der Waals surface area contributed by atoms with Gasteiger partial charge in [-0.25, -0.2) is 0 Å². The van der Waals surface area contributed by atoms with Gasteiger partial charge in [0.2, 0.25) is 0 Å². The molecule has 0 fully saturated rings. The normalized spacial score (nSPS) is 14.3. The molecule has 2 aromatic rings. The van der Waals surface area contributed by atoms with Crippen LogP contribution < -0.4 is 0 Å². The van der Waals surface area contributed by atoms with Crippen molar-refractivity contribution in [2.75, 3.05) is 6.61 Å². The minimum atomic E-state index is -1.24. The second-order valence-electron chi connectivity index (χ2n) is 5.60. The number of hydrogen-bond acceptors (Lipinski definition) is 3. The Morgan fingerprint density at radius 1 is 1.13 bits per heavy atom. The number of ether oxygens (including phenoxy) is 1. The van der Waals surface area contributed by atoms with Crippen LogP contribution in [0.25, 0.3) is 0 Å². The van der Waals surface area contributed by atoms with E-state index in [0.29, 0.717) is 6.42 Å². The molecule has 2 aromatic carbocycles. The highest BCUT2D eigenvalue weighted by Crippen LogP contribution is 2.39. The molecule has 2 atom stereocenters. The van der Waals surface area contributed by atoms with Crippen molar-refractivity contribution in [3.05, 3.63) is 71.8 Å². The average molecular weight is 307 g/mol. The Labute approximate surface area is 137 Å². The largest absolute Gasteiger partial charge is 0.465 e. The SMILES string of the molecule is CCOC(=O)C(C#N)(Cc1ccccc1)C(C)c1ccccc1. The summed E-state index contributed by atoms with van der Waals surface area (Å²) in [5.74, 6) is -0.726. The maximum Gasteiger partial charge on any atom is 0.327 e. The van der Waals surface area contributed by atoms with E-state index in [4.69, 9.17) is 4.74 Å². The number of carbonyl (C=O) groups excluding carboxylic acids is 1. The smallest absolute Gasteiger partial charge is 0.327 e. The highest BCUT2D eigenvalue weighted by Gasteiger charge is 2.46. The van der Waals surface area contributed by atoms with Crippen LogP contribution in [0.3, 0.4) is 0 Å². The van der Waals surface area contributed by atoms with Gasteiger partial charge >= 0.3 is 5.97 Å². The molecule has 118 valence electrons. The first-order valence-electron chi connectivity index (χ1n) is 7.81. The number of nitriles is 1. The predicted octanol–water partition coefficient (Wildman–Crippen LogP) is 4.11.